The predicted molar refractivity (Wildman–Crippen MR) is 90.9 cm³/mol. The van der Waals surface area contributed by atoms with Gasteiger partial charge in [0.15, 0.2) is 6.10 Å². The Balaban J connectivity index is 2.51. The van der Waals surface area contributed by atoms with E-state index < -0.39 is 32.3 Å². The fraction of sp³-hybridized carbons (Fsp3) is 0.533. The minimum atomic E-state index is -3.87. The van der Waals surface area contributed by atoms with E-state index in [1.807, 2.05) is 30.3 Å². The van der Waals surface area contributed by atoms with Crippen molar-refractivity contribution in [3.63, 3.8) is 0 Å². The summed E-state index contributed by atoms with van der Waals surface area (Å²) in [6.07, 6.45) is 0.928. The fourth-order valence-electron chi connectivity index (χ4n) is 1.90. The first-order chi connectivity index (χ1) is 11.6. The van der Waals surface area contributed by atoms with E-state index in [1.165, 1.54) is 0 Å². The van der Waals surface area contributed by atoms with E-state index in [2.05, 4.69) is 4.18 Å². The first-order valence-electron chi connectivity index (χ1n) is 7.50. The molecule has 0 aliphatic heterocycles. The molecule has 0 aromatic heterocycles. The summed E-state index contributed by atoms with van der Waals surface area (Å²) in [5, 5.41) is 0. The number of carbonyl (C=O) groups excluding carboxylic acids is 1. The summed E-state index contributed by atoms with van der Waals surface area (Å²) in [4.78, 5) is 12.0. The van der Waals surface area contributed by atoms with Crippen LogP contribution in [0.3, 0.4) is 0 Å². The highest BCUT2D eigenvalue weighted by atomic mass is 32.2. The zero-order chi connectivity index (χ0) is 18.9. The standard InChI is InChI=1S/C15H22O8S2/c1-24(17,18)22-11-6-9-14(23-25(2,19)20)15(16)21-12-10-13-7-4-3-5-8-13/h3-5,7-8,14H,6,9-12H2,1-2H3. The minimum absolute atomic E-state index is 0.0488. The molecule has 1 aromatic carbocycles. The third kappa shape index (κ3) is 10.9. The van der Waals surface area contributed by atoms with Crippen LogP contribution in [0.15, 0.2) is 30.3 Å². The summed E-state index contributed by atoms with van der Waals surface area (Å²) < 4.78 is 58.6. The van der Waals surface area contributed by atoms with Crippen molar-refractivity contribution in [2.45, 2.75) is 25.4 Å². The van der Waals surface area contributed by atoms with Gasteiger partial charge in [0.05, 0.1) is 25.7 Å². The number of rotatable bonds is 11. The molecule has 1 atom stereocenters. The zero-order valence-corrected chi connectivity index (χ0v) is 15.7. The van der Waals surface area contributed by atoms with Crippen molar-refractivity contribution in [1.29, 1.82) is 0 Å². The van der Waals surface area contributed by atoms with E-state index >= 15 is 0 Å². The van der Waals surface area contributed by atoms with Crippen LogP contribution < -0.4 is 0 Å². The Hall–Kier alpha value is -1.49. The average molecular weight is 394 g/mol. The van der Waals surface area contributed by atoms with Gasteiger partial charge >= 0.3 is 5.97 Å². The van der Waals surface area contributed by atoms with Crippen molar-refractivity contribution in [1.82, 2.24) is 0 Å². The first kappa shape index (κ1) is 21.6. The second-order valence-corrected chi connectivity index (χ2v) is 8.61. The van der Waals surface area contributed by atoms with Crippen molar-refractivity contribution in [3.8, 4) is 0 Å². The van der Waals surface area contributed by atoms with Crippen molar-refractivity contribution in [3.05, 3.63) is 35.9 Å². The second-order valence-electron chi connectivity index (χ2n) is 5.36. The SMILES string of the molecule is CS(=O)(=O)OCCCC(OS(C)(=O)=O)C(=O)OCCc1ccccc1. The van der Waals surface area contributed by atoms with E-state index in [0.717, 1.165) is 18.1 Å². The van der Waals surface area contributed by atoms with Crippen molar-refractivity contribution < 1.29 is 34.7 Å². The fourth-order valence-corrected chi connectivity index (χ4v) is 2.92. The van der Waals surface area contributed by atoms with E-state index in [9.17, 15) is 21.6 Å². The maximum atomic E-state index is 12.0. The van der Waals surface area contributed by atoms with Gasteiger partial charge in [0.2, 0.25) is 0 Å². The lowest BCUT2D eigenvalue weighted by atomic mass is 10.2. The third-order valence-electron chi connectivity index (χ3n) is 2.94. The molecule has 0 heterocycles. The zero-order valence-electron chi connectivity index (χ0n) is 14.1. The maximum absolute atomic E-state index is 12.0. The predicted octanol–water partition coefficient (Wildman–Crippen LogP) is 0.874. The van der Waals surface area contributed by atoms with E-state index in [0.29, 0.717) is 6.42 Å². The summed E-state index contributed by atoms with van der Waals surface area (Å²) in [5.41, 5.74) is 0.970. The van der Waals surface area contributed by atoms with Crippen LogP contribution in [0.1, 0.15) is 18.4 Å². The summed E-state index contributed by atoms with van der Waals surface area (Å²) >= 11 is 0. The molecule has 0 saturated heterocycles. The Bertz CT molecular complexity index is 741. The molecular weight excluding hydrogens is 372 g/mol. The molecule has 1 rings (SSSR count). The van der Waals surface area contributed by atoms with Gasteiger partial charge in [-0.1, -0.05) is 30.3 Å². The highest BCUT2D eigenvalue weighted by molar-refractivity contribution is 7.86. The lowest BCUT2D eigenvalue weighted by Gasteiger charge is -2.15. The van der Waals surface area contributed by atoms with Gasteiger partial charge in [-0.15, -0.1) is 0 Å². The van der Waals surface area contributed by atoms with Crippen LogP contribution in [-0.4, -0.2) is 54.6 Å². The van der Waals surface area contributed by atoms with Gasteiger partial charge in [0, 0.05) is 6.42 Å². The molecule has 0 N–H and O–H groups in total. The Kier molecular flexibility index (Phi) is 8.50. The quantitative estimate of drug-likeness (QED) is 0.309. The Labute approximate surface area is 148 Å². The van der Waals surface area contributed by atoms with Gasteiger partial charge in [0.1, 0.15) is 0 Å². The van der Waals surface area contributed by atoms with E-state index in [4.69, 9.17) is 8.92 Å². The van der Waals surface area contributed by atoms with Crippen LogP contribution in [0.5, 0.6) is 0 Å². The number of benzene rings is 1. The topological polar surface area (TPSA) is 113 Å². The molecule has 10 heteroatoms. The molecule has 0 fully saturated rings. The minimum Gasteiger partial charge on any atom is -0.463 e. The smallest absolute Gasteiger partial charge is 0.336 e. The van der Waals surface area contributed by atoms with E-state index in [-0.39, 0.29) is 26.1 Å². The number of hydrogen-bond acceptors (Lipinski definition) is 8. The van der Waals surface area contributed by atoms with Crippen molar-refractivity contribution in [2.75, 3.05) is 25.7 Å². The van der Waals surface area contributed by atoms with Crippen molar-refractivity contribution >= 4 is 26.2 Å². The van der Waals surface area contributed by atoms with Crippen LogP contribution in [0.25, 0.3) is 0 Å². The van der Waals surface area contributed by atoms with Gasteiger partial charge in [-0.05, 0) is 18.4 Å². The molecule has 0 bridgehead atoms. The highest BCUT2D eigenvalue weighted by Gasteiger charge is 2.25. The molecule has 142 valence electrons. The maximum Gasteiger partial charge on any atom is 0.336 e. The molecule has 25 heavy (non-hydrogen) atoms. The number of ether oxygens (including phenoxy) is 1. The summed E-state index contributed by atoms with van der Waals surface area (Å²) in [7, 11) is -7.47. The van der Waals surface area contributed by atoms with Crippen molar-refractivity contribution in [2.24, 2.45) is 0 Å². The third-order valence-corrected chi connectivity index (χ3v) is 4.12. The number of hydrogen-bond donors (Lipinski definition) is 0. The van der Waals surface area contributed by atoms with Gasteiger partial charge in [-0.2, -0.15) is 16.8 Å². The van der Waals surface area contributed by atoms with Crippen LogP contribution in [-0.2, 0) is 44.6 Å². The van der Waals surface area contributed by atoms with Gasteiger partial charge in [-0.25, -0.2) is 4.79 Å². The summed E-state index contributed by atoms with van der Waals surface area (Å²) in [6, 6.07) is 9.33. The van der Waals surface area contributed by atoms with Gasteiger partial charge in [-0.3, -0.25) is 8.37 Å². The number of carbonyl (C=O) groups is 1. The molecular formula is C15H22O8S2. The normalized spacial score (nSPS) is 13.4. The monoisotopic (exact) mass is 394 g/mol. The van der Waals surface area contributed by atoms with Gasteiger partial charge < -0.3 is 4.74 Å². The lowest BCUT2D eigenvalue weighted by molar-refractivity contribution is -0.152. The molecule has 0 saturated carbocycles. The van der Waals surface area contributed by atoms with Crippen LogP contribution in [0.4, 0.5) is 0 Å². The van der Waals surface area contributed by atoms with E-state index in [1.54, 1.807) is 0 Å². The Morgan fingerprint density at radius 3 is 2.20 bits per heavy atom. The van der Waals surface area contributed by atoms with Crippen LogP contribution >= 0.6 is 0 Å². The number of esters is 1. The Morgan fingerprint density at radius 1 is 1.00 bits per heavy atom. The highest BCUT2D eigenvalue weighted by Crippen LogP contribution is 2.10. The van der Waals surface area contributed by atoms with Crippen LogP contribution in [0.2, 0.25) is 0 Å². The van der Waals surface area contributed by atoms with Gasteiger partial charge in [0.25, 0.3) is 20.2 Å². The largest absolute Gasteiger partial charge is 0.463 e. The molecule has 8 nitrogen and oxygen atoms in total. The summed E-state index contributed by atoms with van der Waals surface area (Å²) in [6.45, 7) is -0.105. The molecule has 1 unspecified atom stereocenters. The Morgan fingerprint density at radius 2 is 1.64 bits per heavy atom. The molecule has 0 aliphatic rings. The molecule has 0 radical (unpaired) electrons. The summed E-state index contributed by atoms with van der Waals surface area (Å²) in [5.74, 6) is -0.819. The average Bonchev–Trinajstić information content (AvgIpc) is 2.49. The molecule has 0 spiro atoms. The second kappa shape index (κ2) is 9.85. The molecule has 0 aliphatic carbocycles. The molecule has 0 amide bonds. The first-order valence-corrected chi connectivity index (χ1v) is 11.1. The lowest BCUT2D eigenvalue weighted by Crippen LogP contribution is -2.30. The van der Waals surface area contributed by atoms with Crippen LogP contribution in [0, 0.1) is 0 Å². The molecule has 1 aromatic rings.